The van der Waals surface area contributed by atoms with E-state index in [1.165, 1.54) is 6.07 Å². The van der Waals surface area contributed by atoms with Crippen LogP contribution in [0.25, 0.3) is 0 Å². The minimum Gasteiger partial charge on any atom is -0.507 e. The number of nitro groups is 1. The van der Waals surface area contributed by atoms with Crippen molar-refractivity contribution in [2.75, 3.05) is 13.3 Å². The summed E-state index contributed by atoms with van der Waals surface area (Å²) in [5.74, 6) is 0.362. The van der Waals surface area contributed by atoms with Gasteiger partial charge >= 0.3 is 0 Å². The van der Waals surface area contributed by atoms with Crippen LogP contribution >= 0.6 is 0 Å². The van der Waals surface area contributed by atoms with Crippen molar-refractivity contribution in [1.82, 2.24) is 0 Å². The number of fused-ring (bicyclic) bond motifs is 1. The molecular formula is C16H15NO5. The van der Waals surface area contributed by atoms with Gasteiger partial charge in [0.2, 0.25) is 13.3 Å². The van der Waals surface area contributed by atoms with E-state index in [2.05, 4.69) is 0 Å². The molecule has 2 aromatic rings. The molecule has 0 radical (unpaired) electrons. The molecular weight excluding hydrogens is 286 g/mol. The summed E-state index contributed by atoms with van der Waals surface area (Å²) >= 11 is 0. The minimum atomic E-state index is -0.551. The lowest BCUT2D eigenvalue weighted by atomic mass is 9.89. The average molecular weight is 301 g/mol. The molecule has 0 aliphatic carbocycles. The molecule has 1 heterocycles. The zero-order valence-corrected chi connectivity index (χ0v) is 12.0. The van der Waals surface area contributed by atoms with Crippen molar-refractivity contribution in [3.8, 4) is 17.2 Å². The summed E-state index contributed by atoms with van der Waals surface area (Å²) in [7, 11) is 0. The summed E-state index contributed by atoms with van der Waals surface area (Å²) in [5, 5.41) is 21.3. The maximum atomic E-state index is 11.1. The summed E-state index contributed by atoms with van der Waals surface area (Å²) < 4.78 is 10.5. The Morgan fingerprint density at radius 2 is 2.00 bits per heavy atom. The van der Waals surface area contributed by atoms with Gasteiger partial charge in [-0.3, -0.25) is 10.1 Å². The van der Waals surface area contributed by atoms with Gasteiger partial charge in [0.25, 0.3) is 0 Å². The number of ether oxygens (including phenoxy) is 2. The molecule has 1 aliphatic rings. The lowest BCUT2D eigenvalue weighted by molar-refractivity contribution is -0.481. The Morgan fingerprint density at radius 3 is 2.68 bits per heavy atom. The molecule has 0 spiro atoms. The molecule has 0 saturated carbocycles. The highest BCUT2D eigenvalue weighted by Crippen LogP contribution is 2.42. The van der Waals surface area contributed by atoms with Crippen molar-refractivity contribution in [3.63, 3.8) is 0 Å². The summed E-state index contributed by atoms with van der Waals surface area (Å²) in [5.41, 5.74) is 2.25. The molecule has 0 saturated heterocycles. The molecule has 1 aliphatic heterocycles. The SMILES string of the molecule is Cc1cccc(C(C[N+](=O)[O-])c2cc3c(cc2O)OCO3)c1. The molecule has 0 bridgehead atoms. The highest BCUT2D eigenvalue weighted by atomic mass is 16.7. The lowest BCUT2D eigenvalue weighted by Crippen LogP contribution is -2.14. The number of aryl methyl sites for hydroxylation is 1. The van der Waals surface area contributed by atoms with Crippen molar-refractivity contribution in [2.45, 2.75) is 12.8 Å². The number of phenols is 1. The number of benzene rings is 2. The normalized spacial score (nSPS) is 13.9. The van der Waals surface area contributed by atoms with E-state index in [0.29, 0.717) is 17.1 Å². The van der Waals surface area contributed by atoms with Crippen LogP contribution in [0.3, 0.4) is 0 Å². The third-order valence-electron chi connectivity index (χ3n) is 3.67. The molecule has 1 N–H and O–H groups in total. The van der Waals surface area contributed by atoms with Crippen LogP contribution in [0.1, 0.15) is 22.6 Å². The van der Waals surface area contributed by atoms with Gasteiger partial charge in [-0.2, -0.15) is 0 Å². The average Bonchev–Trinajstić information content (AvgIpc) is 2.91. The predicted octanol–water partition coefficient (Wildman–Crippen LogP) is 2.84. The van der Waals surface area contributed by atoms with E-state index in [4.69, 9.17) is 9.47 Å². The van der Waals surface area contributed by atoms with Crippen LogP contribution in [0.2, 0.25) is 0 Å². The Labute approximate surface area is 127 Å². The van der Waals surface area contributed by atoms with Crippen LogP contribution in [0.4, 0.5) is 0 Å². The van der Waals surface area contributed by atoms with E-state index < -0.39 is 5.92 Å². The van der Waals surface area contributed by atoms with Crippen molar-refractivity contribution < 1.29 is 19.5 Å². The Kier molecular flexibility index (Phi) is 3.58. The fourth-order valence-corrected chi connectivity index (χ4v) is 2.65. The first-order chi connectivity index (χ1) is 10.5. The van der Waals surface area contributed by atoms with Gasteiger partial charge in [-0.05, 0) is 18.6 Å². The third-order valence-corrected chi connectivity index (χ3v) is 3.67. The Morgan fingerprint density at radius 1 is 1.27 bits per heavy atom. The van der Waals surface area contributed by atoms with Crippen LogP contribution in [-0.2, 0) is 0 Å². The monoisotopic (exact) mass is 301 g/mol. The highest BCUT2D eigenvalue weighted by Gasteiger charge is 2.27. The number of hydrogen-bond donors (Lipinski definition) is 1. The molecule has 1 atom stereocenters. The fourth-order valence-electron chi connectivity index (χ4n) is 2.65. The molecule has 0 amide bonds. The smallest absolute Gasteiger partial charge is 0.231 e. The zero-order chi connectivity index (χ0) is 15.7. The second-order valence-corrected chi connectivity index (χ2v) is 5.25. The van der Waals surface area contributed by atoms with E-state index in [9.17, 15) is 15.2 Å². The van der Waals surface area contributed by atoms with Gasteiger partial charge in [0.15, 0.2) is 11.5 Å². The van der Waals surface area contributed by atoms with Crippen LogP contribution in [-0.4, -0.2) is 23.4 Å². The Hall–Kier alpha value is -2.76. The zero-order valence-electron chi connectivity index (χ0n) is 12.0. The maximum Gasteiger partial charge on any atom is 0.231 e. The standard InChI is InChI=1S/C16H15NO5/c1-10-3-2-4-11(5-10)13(8-17(19)20)12-6-15-16(7-14(12)18)22-9-21-15/h2-7,13,18H,8-9H2,1H3. The van der Waals surface area contributed by atoms with Crippen LogP contribution in [0.5, 0.6) is 17.2 Å². The Balaban J connectivity index is 2.08. The summed E-state index contributed by atoms with van der Waals surface area (Å²) in [6.07, 6.45) is 0. The lowest BCUT2D eigenvalue weighted by Gasteiger charge is -2.16. The number of phenolic OH excluding ortho intramolecular Hbond substituents is 1. The highest BCUT2D eigenvalue weighted by molar-refractivity contribution is 5.54. The molecule has 6 nitrogen and oxygen atoms in total. The second-order valence-electron chi connectivity index (χ2n) is 5.25. The number of aromatic hydroxyl groups is 1. The second kappa shape index (κ2) is 5.55. The van der Waals surface area contributed by atoms with Gasteiger partial charge in [0.1, 0.15) is 5.75 Å². The van der Waals surface area contributed by atoms with Crippen molar-refractivity contribution in [1.29, 1.82) is 0 Å². The summed E-state index contributed by atoms with van der Waals surface area (Å²) in [6.45, 7) is 1.70. The van der Waals surface area contributed by atoms with Crippen molar-refractivity contribution in [2.24, 2.45) is 0 Å². The van der Waals surface area contributed by atoms with Crippen LogP contribution in [0.15, 0.2) is 36.4 Å². The molecule has 22 heavy (non-hydrogen) atoms. The quantitative estimate of drug-likeness (QED) is 0.693. The number of rotatable bonds is 4. The largest absolute Gasteiger partial charge is 0.507 e. The van der Waals surface area contributed by atoms with E-state index in [1.807, 2.05) is 31.2 Å². The number of nitrogens with zero attached hydrogens (tertiary/aromatic N) is 1. The topological polar surface area (TPSA) is 81.8 Å². The van der Waals surface area contributed by atoms with Crippen LogP contribution < -0.4 is 9.47 Å². The number of hydrogen-bond acceptors (Lipinski definition) is 5. The molecule has 2 aromatic carbocycles. The molecule has 3 rings (SSSR count). The van der Waals surface area contributed by atoms with Gasteiger partial charge in [0, 0.05) is 16.6 Å². The minimum absolute atomic E-state index is 0.0300. The summed E-state index contributed by atoms with van der Waals surface area (Å²) in [4.78, 5) is 10.7. The van der Waals surface area contributed by atoms with Crippen molar-refractivity contribution >= 4 is 0 Å². The van der Waals surface area contributed by atoms with Gasteiger partial charge in [-0.25, -0.2) is 0 Å². The van der Waals surface area contributed by atoms with Gasteiger partial charge in [0.05, 0.1) is 5.92 Å². The molecule has 0 aromatic heterocycles. The van der Waals surface area contributed by atoms with E-state index in [1.54, 1.807) is 6.07 Å². The fraction of sp³-hybridized carbons (Fsp3) is 0.250. The maximum absolute atomic E-state index is 11.1. The molecule has 6 heteroatoms. The first kappa shape index (κ1) is 14.2. The van der Waals surface area contributed by atoms with Crippen molar-refractivity contribution in [3.05, 3.63) is 63.2 Å². The van der Waals surface area contributed by atoms with E-state index >= 15 is 0 Å². The Bertz CT molecular complexity index is 728. The first-order valence-corrected chi connectivity index (χ1v) is 6.85. The van der Waals surface area contributed by atoms with Gasteiger partial charge in [-0.15, -0.1) is 0 Å². The molecule has 1 unspecified atom stereocenters. The first-order valence-electron chi connectivity index (χ1n) is 6.85. The van der Waals surface area contributed by atoms with E-state index in [0.717, 1.165) is 11.1 Å². The van der Waals surface area contributed by atoms with E-state index in [-0.39, 0.29) is 24.0 Å². The van der Waals surface area contributed by atoms with Crippen LogP contribution in [0, 0.1) is 17.0 Å². The summed E-state index contributed by atoms with van der Waals surface area (Å²) in [6, 6.07) is 10.5. The third kappa shape index (κ3) is 2.67. The van der Waals surface area contributed by atoms with Gasteiger partial charge < -0.3 is 14.6 Å². The molecule has 114 valence electrons. The predicted molar refractivity (Wildman–Crippen MR) is 79.1 cm³/mol. The molecule has 0 fully saturated rings. The van der Waals surface area contributed by atoms with Gasteiger partial charge in [-0.1, -0.05) is 29.8 Å².